The van der Waals surface area contributed by atoms with Crippen LogP contribution < -0.4 is 10.6 Å². The van der Waals surface area contributed by atoms with E-state index in [9.17, 15) is 14.4 Å². The minimum atomic E-state index is -0.997. The van der Waals surface area contributed by atoms with Gasteiger partial charge in [-0.15, -0.1) is 0 Å². The van der Waals surface area contributed by atoms with E-state index in [1.807, 2.05) is 66.7 Å². The summed E-state index contributed by atoms with van der Waals surface area (Å²) in [4.78, 5) is 44.3. The van der Waals surface area contributed by atoms with Crippen LogP contribution in [0.15, 0.2) is 77.9 Å². The molecule has 0 spiro atoms. The van der Waals surface area contributed by atoms with Gasteiger partial charge in [-0.2, -0.15) is 0 Å². The van der Waals surface area contributed by atoms with Crippen molar-refractivity contribution in [3.8, 4) is 0 Å². The Bertz CT molecular complexity index is 1400. The lowest BCUT2D eigenvalue weighted by atomic mass is 10.0. The lowest BCUT2D eigenvalue weighted by Crippen LogP contribution is -2.54. The predicted octanol–water partition coefficient (Wildman–Crippen LogP) is 5.19. The number of hydrogen-bond donors (Lipinski definition) is 2. The van der Waals surface area contributed by atoms with Crippen LogP contribution in [0, 0.1) is 0 Å². The predicted molar refractivity (Wildman–Crippen MR) is 149 cm³/mol. The molecule has 1 heterocycles. The maximum Gasteiger partial charge on any atom is 0.408 e. The van der Waals surface area contributed by atoms with Crippen molar-refractivity contribution in [1.29, 1.82) is 0 Å². The number of ether oxygens (including phenoxy) is 1. The van der Waals surface area contributed by atoms with Gasteiger partial charge in [-0.05, 0) is 61.2 Å². The number of hydrogen-bond acceptors (Lipinski definition) is 5. The Hall–Kier alpha value is -4.56. The molecule has 0 saturated carbocycles. The van der Waals surface area contributed by atoms with Gasteiger partial charge in [-0.25, -0.2) is 4.79 Å². The number of nitrogens with one attached hydrogen (secondary N) is 2. The molecule has 3 aromatic rings. The molecule has 0 aromatic heterocycles. The van der Waals surface area contributed by atoms with Crippen molar-refractivity contribution in [2.75, 3.05) is 11.9 Å². The van der Waals surface area contributed by atoms with Crippen LogP contribution in [0.4, 0.5) is 10.5 Å². The molecule has 2 N–H and O–H groups in total. The smallest absolute Gasteiger partial charge is 0.408 e. The lowest BCUT2D eigenvalue weighted by Gasteiger charge is -2.29. The van der Waals surface area contributed by atoms with Gasteiger partial charge in [-0.1, -0.05) is 65.8 Å². The highest BCUT2D eigenvalue weighted by atomic mass is 16.6. The summed E-state index contributed by atoms with van der Waals surface area (Å²) in [5, 5.41) is 11.4. The van der Waals surface area contributed by atoms with Crippen molar-refractivity contribution in [2.45, 2.75) is 57.3 Å². The number of anilines is 1. The highest BCUT2D eigenvalue weighted by Crippen LogP contribution is 2.25. The molecule has 10 nitrogen and oxygen atoms in total. The zero-order valence-electron chi connectivity index (χ0n) is 22.2. The van der Waals surface area contributed by atoms with E-state index in [0.29, 0.717) is 5.69 Å². The van der Waals surface area contributed by atoms with Gasteiger partial charge < -0.3 is 20.3 Å². The van der Waals surface area contributed by atoms with E-state index < -0.39 is 41.6 Å². The van der Waals surface area contributed by atoms with Crippen LogP contribution in [0.2, 0.25) is 0 Å². The molecule has 0 unspecified atom stereocenters. The van der Waals surface area contributed by atoms with Crippen LogP contribution in [0.1, 0.15) is 32.8 Å². The van der Waals surface area contributed by atoms with Crippen LogP contribution in [0.3, 0.4) is 0 Å². The maximum absolute atomic E-state index is 13.9. The third-order valence-corrected chi connectivity index (χ3v) is 6.37. The van der Waals surface area contributed by atoms with E-state index in [2.05, 4.69) is 20.7 Å². The van der Waals surface area contributed by atoms with Gasteiger partial charge in [-0.3, -0.25) is 9.59 Å². The summed E-state index contributed by atoms with van der Waals surface area (Å²) in [5.41, 5.74) is 9.68. The summed E-state index contributed by atoms with van der Waals surface area (Å²) >= 11 is 0. The number of benzene rings is 3. The van der Waals surface area contributed by atoms with Gasteiger partial charge in [0, 0.05) is 23.6 Å². The minimum Gasteiger partial charge on any atom is -0.444 e. The summed E-state index contributed by atoms with van der Waals surface area (Å²) < 4.78 is 5.40. The molecule has 3 atom stereocenters. The molecule has 202 valence electrons. The van der Waals surface area contributed by atoms with E-state index in [4.69, 9.17) is 10.3 Å². The van der Waals surface area contributed by atoms with Crippen molar-refractivity contribution < 1.29 is 19.1 Å². The van der Waals surface area contributed by atoms with Crippen LogP contribution in [-0.4, -0.2) is 53.1 Å². The average molecular weight is 529 g/mol. The fourth-order valence-corrected chi connectivity index (χ4v) is 4.66. The SMILES string of the molecule is CC(C)(C)OC(=O)N[C@@H](Cc1ccccc1)C(=O)N1C[C@@H](N=[N+]=[N-])C[C@H]1C(=O)Nc1ccc2ccccc2c1. The molecule has 1 fully saturated rings. The fourth-order valence-electron chi connectivity index (χ4n) is 4.66. The second kappa shape index (κ2) is 11.9. The Labute approximate surface area is 226 Å². The number of alkyl carbamates (subject to hydrolysis) is 1. The van der Waals surface area contributed by atoms with Gasteiger partial charge >= 0.3 is 6.09 Å². The first-order valence-electron chi connectivity index (χ1n) is 12.8. The summed E-state index contributed by atoms with van der Waals surface area (Å²) in [7, 11) is 0. The molecule has 3 aromatic carbocycles. The topological polar surface area (TPSA) is 136 Å². The van der Waals surface area contributed by atoms with Gasteiger partial charge in [0.1, 0.15) is 17.7 Å². The number of rotatable bonds is 7. The monoisotopic (exact) mass is 528 g/mol. The molecule has 1 aliphatic rings. The molecule has 10 heteroatoms. The van der Waals surface area contributed by atoms with E-state index in [1.54, 1.807) is 26.8 Å². The van der Waals surface area contributed by atoms with Crippen LogP contribution in [0.5, 0.6) is 0 Å². The zero-order valence-corrected chi connectivity index (χ0v) is 22.2. The van der Waals surface area contributed by atoms with Crippen molar-refractivity contribution in [1.82, 2.24) is 10.2 Å². The van der Waals surface area contributed by atoms with E-state index in [-0.39, 0.29) is 19.4 Å². The van der Waals surface area contributed by atoms with Gasteiger partial charge in [0.2, 0.25) is 11.8 Å². The Morgan fingerprint density at radius 2 is 1.74 bits per heavy atom. The van der Waals surface area contributed by atoms with Crippen molar-refractivity contribution >= 4 is 34.4 Å². The Morgan fingerprint density at radius 3 is 2.44 bits per heavy atom. The van der Waals surface area contributed by atoms with E-state index in [0.717, 1.165) is 16.3 Å². The van der Waals surface area contributed by atoms with Crippen molar-refractivity contribution in [2.24, 2.45) is 5.11 Å². The van der Waals surface area contributed by atoms with Crippen LogP contribution in [0.25, 0.3) is 21.2 Å². The van der Waals surface area contributed by atoms with Crippen molar-refractivity contribution in [3.05, 3.63) is 88.8 Å². The van der Waals surface area contributed by atoms with Gasteiger partial charge in [0.25, 0.3) is 0 Å². The number of amides is 3. The molecular weight excluding hydrogens is 496 g/mol. The molecule has 0 bridgehead atoms. The summed E-state index contributed by atoms with van der Waals surface area (Å²) in [5.74, 6) is -0.857. The van der Waals surface area contributed by atoms with E-state index in [1.165, 1.54) is 4.90 Å². The number of nitrogens with zero attached hydrogens (tertiary/aromatic N) is 4. The standard InChI is InChI=1S/C29H32N6O4/c1-29(2,3)39-28(38)32-24(15-19-9-5-4-6-10-19)27(37)35-18-23(33-34-30)17-25(35)26(36)31-22-14-13-20-11-7-8-12-21(20)16-22/h4-14,16,23-25H,15,17-18H2,1-3H3,(H,31,36)(H,32,38)/t23-,24-,25-/m0/s1. The summed E-state index contributed by atoms with van der Waals surface area (Å²) in [6.07, 6.45) is -0.375. The number of likely N-dealkylation sites (tertiary alicyclic amines) is 1. The van der Waals surface area contributed by atoms with Gasteiger partial charge in [0.15, 0.2) is 0 Å². The molecule has 3 amide bonds. The molecule has 4 rings (SSSR count). The van der Waals surface area contributed by atoms with E-state index >= 15 is 0 Å². The minimum absolute atomic E-state index is 0.0555. The summed E-state index contributed by atoms with van der Waals surface area (Å²) in [6.45, 7) is 5.26. The quantitative estimate of drug-likeness (QED) is 0.248. The summed E-state index contributed by atoms with van der Waals surface area (Å²) in [6, 6.07) is 20.2. The second-order valence-electron chi connectivity index (χ2n) is 10.5. The normalized spacial score (nSPS) is 17.7. The second-order valence-corrected chi connectivity index (χ2v) is 10.5. The number of carbonyl (C=O) groups excluding carboxylic acids is 3. The number of azide groups is 1. The molecule has 39 heavy (non-hydrogen) atoms. The Morgan fingerprint density at radius 1 is 1.05 bits per heavy atom. The Kier molecular flexibility index (Phi) is 8.36. The van der Waals surface area contributed by atoms with Crippen LogP contribution in [-0.2, 0) is 20.7 Å². The first-order chi connectivity index (χ1) is 18.6. The maximum atomic E-state index is 13.9. The third-order valence-electron chi connectivity index (χ3n) is 6.37. The highest BCUT2D eigenvalue weighted by Gasteiger charge is 2.42. The largest absolute Gasteiger partial charge is 0.444 e. The fraction of sp³-hybridized carbons (Fsp3) is 0.345. The van der Waals surface area contributed by atoms with Crippen molar-refractivity contribution in [3.63, 3.8) is 0 Å². The first kappa shape index (κ1) is 27.5. The van der Waals surface area contributed by atoms with Crippen LogP contribution >= 0.6 is 0 Å². The Balaban J connectivity index is 1.58. The molecule has 0 radical (unpaired) electrons. The first-order valence-corrected chi connectivity index (χ1v) is 12.8. The molecule has 1 saturated heterocycles. The average Bonchev–Trinajstić information content (AvgIpc) is 3.31. The highest BCUT2D eigenvalue weighted by molar-refractivity contribution is 6.00. The number of carbonyl (C=O) groups is 3. The molecular formula is C29H32N6O4. The lowest BCUT2D eigenvalue weighted by molar-refractivity contribution is -0.138. The number of fused-ring (bicyclic) bond motifs is 1. The molecule has 1 aliphatic heterocycles. The molecule has 0 aliphatic carbocycles. The zero-order chi connectivity index (χ0) is 28.0. The third kappa shape index (κ3) is 7.27. The van der Waals surface area contributed by atoms with Gasteiger partial charge in [0.05, 0.1) is 6.04 Å².